The van der Waals surface area contributed by atoms with Crippen LogP contribution in [0.25, 0.3) is 0 Å². The van der Waals surface area contributed by atoms with Crippen molar-refractivity contribution in [2.45, 2.75) is 59.4 Å². The topological polar surface area (TPSA) is 65.5 Å². The molecule has 1 amide bonds. The average molecular weight is 412 g/mol. The van der Waals surface area contributed by atoms with E-state index in [1.54, 1.807) is 7.05 Å². The standard InChI is InChI=1S/C15H32N4O.HI/c1-12(2)9-7-8-10-17-14(16-6)18-11-13(20)19-15(3,4)5;/h12H,7-11H2,1-6H3,(H,19,20)(H2,16,17,18);1H. The smallest absolute Gasteiger partial charge is 0.239 e. The predicted molar refractivity (Wildman–Crippen MR) is 101 cm³/mol. The Kier molecular flexibility index (Phi) is 13.1. The number of carbonyl (C=O) groups is 1. The average Bonchev–Trinajstić information content (AvgIpc) is 2.30. The number of amides is 1. The molecular weight excluding hydrogens is 379 g/mol. The van der Waals surface area contributed by atoms with Crippen molar-refractivity contribution in [1.29, 1.82) is 0 Å². The van der Waals surface area contributed by atoms with Gasteiger partial charge in [-0.05, 0) is 33.1 Å². The Morgan fingerprint density at radius 2 is 1.76 bits per heavy atom. The van der Waals surface area contributed by atoms with Crippen LogP contribution in [-0.4, -0.2) is 37.5 Å². The van der Waals surface area contributed by atoms with Gasteiger partial charge in [0.1, 0.15) is 0 Å². The summed E-state index contributed by atoms with van der Waals surface area (Å²) in [5.74, 6) is 1.41. The second-order valence-corrected chi connectivity index (χ2v) is 6.54. The van der Waals surface area contributed by atoms with Gasteiger partial charge in [-0.3, -0.25) is 9.79 Å². The van der Waals surface area contributed by atoms with Crippen LogP contribution < -0.4 is 16.0 Å². The molecule has 21 heavy (non-hydrogen) atoms. The molecule has 0 aliphatic rings. The highest BCUT2D eigenvalue weighted by molar-refractivity contribution is 14.0. The molecule has 0 radical (unpaired) electrons. The highest BCUT2D eigenvalue weighted by atomic mass is 127. The van der Waals surface area contributed by atoms with Gasteiger partial charge in [0.05, 0.1) is 6.54 Å². The highest BCUT2D eigenvalue weighted by Crippen LogP contribution is 2.04. The van der Waals surface area contributed by atoms with Gasteiger partial charge in [0, 0.05) is 19.1 Å². The van der Waals surface area contributed by atoms with E-state index in [2.05, 4.69) is 34.8 Å². The Hall–Kier alpha value is -0.530. The molecule has 0 fully saturated rings. The lowest BCUT2D eigenvalue weighted by Gasteiger charge is -2.21. The SMILES string of the molecule is CN=C(NCCCCC(C)C)NCC(=O)NC(C)(C)C.I. The number of nitrogens with one attached hydrogen (secondary N) is 3. The quantitative estimate of drug-likeness (QED) is 0.261. The van der Waals surface area contributed by atoms with Crippen LogP contribution >= 0.6 is 24.0 Å². The van der Waals surface area contributed by atoms with Crippen LogP contribution in [0.2, 0.25) is 0 Å². The largest absolute Gasteiger partial charge is 0.356 e. The van der Waals surface area contributed by atoms with E-state index < -0.39 is 0 Å². The van der Waals surface area contributed by atoms with Crippen molar-refractivity contribution < 1.29 is 4.79 Å². The zero-order valence-electron chi connectivity index (χ0n) is 14.4. The molecule has 3 N–H and O–H groups in total. The van der Waals surface area contributed by atoms with Crippen LogP contribution in [0.15, 0.2) is 4.99 Å². The Labute approximate surface area is 147 Å². The van der Waals surface area contributed by atoms with Gasteiger partial charge in [-0.15, -0.1) is 24.0 Å². The maximum Gasteiger partial charge on any atom is 0.239 e. The summed E-state index contributed by atoms with van der Waals surface area (Å²) in [4.78, 5) is 15.8. The van der Waals surface area contributed by atoms with Gasteiger partial charge in [-0.1, -0.05) is 26.7 Å². The van der Waals surface area contributed by atoms with E-state index in [1.165, 1.54) is 12.8 Å². The lowest BCUT2D eigenvalue weighted by molar-refractivity contribution is -0.121. The van der Waals surface area contributed by atoms with Crippen LogP contribution in [0, 0.1) is 5.92 Å². The number of rotatable bonds is 7. The summed E-state index contributed by atoms with van der Waals surface area (Å²) >= 11 is 0. The molecule has 0 aromatic heterocycles. The normalized spacial score (nSPS) is 11.9. The fourth-order valence-corrected chi connectivity index (χ4v) is 1.73. The Morgan fingerprint density at radius 1 is 1.14 bits per heavy atom. The summed E-state index contributed by atoms with van der Waals surface area (Å²) in [6.07, 6.45) is 3.58. The Balaban J connectivity index is 0. The first-order valence-electron chi connectivity index (χ1n) is 7.50. The van der Waals surface area contributed by atoms with Crippen molar-refractivity contribution in [2.24, 2.45) is 10.9 Å². The Bertz CT molecular complexity index is 311. The van der Waals surface area contributed by atoms with Crippen molar-refractivity contribution in [3.05, 3.63) is 0 Å². The summed E-state index contributed by atoms with van der Waals surface area (Å²) in [5, 5.41) is 9.14. The van der Waals surface area contributed by atoms with Gasteiger partial charge in [0.2, 0.25) is 5.91 Å². The summed E-state index contributed by atoms with van der Waals surface area (Å²) < 4.78 is 0. The molecule has 0 aliphatic carbocycles. The maximum absolute atomic E-state index is 11.7. The second kappa shape index (κ2) is 12.1. The molecule has 0 aromatic carbocycles. The molecule has 0 aliphatic heterocycles. The molecule has 0 rings (SSSR count). The fraction of sp³-hybridized carbons (Fsp3) is 0.867. The number of hydrogen-bond donors (Lipinski definition) is 3. The monoisotopic (exact) mass is 412 g/mol. The van der Waals surface area contributed by atoms with Crippen LogP contribution in [0.5, 0.6) is 0 Å². The molecule has 0 saturated heterocycles. The fourth-order valence-electron chi connectivity index (χ4n) is 1.73. The first-order valence-corrected chi connectivity index (χ1v) is 7.50. The van der Waals surface area contributed by atoms with Gasteiger partial charge in [-0.2, -0.15) is 0 Å². The van der Waals surface area contributed by atoms with E-state index >= 15 is 0 Å². The minimum Gasteiger partial charge on any atom is -0.356 e. The van der Waals surface area contributed by atoms with Gasteiger partial charge in [-0.25, -0.2) is 0 Å². The van der Waals surface area contributed by atoms with E-state index in [4.69, 9.17) is 0 Å². The molecular formula is C15H33IN4O. The summed E-state index contributed by atoms with van der Waals surface area (Å²) in [5.41, 5.74) is -0.202. The van der Waals surface area contributed by atoms with Gasteiger partial charge in [0.15, 0.2) is 5.96 Å². The minimum absolute atomic E-state index is 0. The van der Waals surface area contributed by atoms with E-state index in [0.717, 1.165) is 18.9 Å². The van der Waals surface area contributed by atoms with E-state index in [0.29, 0.717) is 5.96 Å². The van der Waals surface area contributed by atoms with Gasteiger partial charge < -0.3 is 16.0 Å². The van der Waals surface area contributed by atoms with Crippen molar-refractivity contribution >= 4 is 35.8 Å². The molecule has 6 heteroatoms. The highest BCUT2D eigenvalue weighted by Gasteiger charge is 2.13. The molecule has 0 spiro atoms. The van der Waals surface area contributed by atoms with Crippen molar-refractivity contribution in [1.82, 2.24) is 16.0 Å². The molecule has 0 heterocycles. The number of nitrogens with zero attached hydrogens (tertiary/aromatic N) is 1. The van der Waals surface area contributed by atoms with Crippen molar-refractivity contribution in [3.63, 3.8) is 0 Å². The van der Waals surface area contributed by atoms with Crippen LogP contribution in [0.3, 0.4) is 0 Å². The van der Waals surface area contributed by atoms with Crippen LogP contribution in [0.4, 0.5) is 0 Å². The third-order valence-electron chi connectivity index (χ3n) is 2.66. The number of guanidine groups is 1. The lowest BCUT2D eigenvalue weighted by atomic mass is 10.1. The first-order chi connectivity index (χ1) is 9.24. The third-order valence-corrected chi connectivity index (χ3v) is 2.66. The second-order valence-electron chi connectivity index (χ2n) is 6.54. The third kappa shape index (κ3) is 15.7. The zero-order valence-corrected chi connectivity index (χ0v) is 16.7. The number of unbranched alkanes of at least 4 members (excludes halogenated alkanes) is 1. The van der Waals surface area contributed by atoms with Crippen LogP contribution in [-0.2, 0) is 4.79 Å². The van der Waals surface area contributed by atoms with Crippen LogP contribution in [0.1, 0.15) is 53.9 Å². The van der Waals surface area contributed by atoms with E-state index in [-0.39, 0.29) is 42.0 Å². The van der Waals surface area contributed by atoms with E-state index in [1.807, 2.05) is 20.8 Å². The first kappa shape index (κ1) is 22.7. The number of carbonyl (C=O) groups excluding carboxylic acids is 1. The molecule has 0 bridgehead atoms. The molecule has 0 saturated carbocycles. The van der Waals surface area contributed by atoms with Gasteiger partial charge >= 0.3 is 0 Å². The number of aliphatic imine (C=N–C) groups is 1. The molecule has 0 unspecified atom stereocenters. The number of halogens is 1. The summed E-state index contributed by atoms with van der Waals surface area (Å²) in [6.45, 7) is 11.5. The molecule has 5 nitrogen and oxygen atoms in total. The lowest BCUT2D eigenvalue weighted by Crippen LogP contribution is -2.48. The van der Waals surface area contributed by atoms with Gasteiger partial charge in [0.25, 0.3) is 0 Å². The van der Waals surface area contributed by atoms with E-state index in [9.17, 15) is 4.79 Å². The molecule has 0 aromatic rings. The minimum atomic E-state index is -0.202. The van der Waals surface area contributed by atoms with Crippen molar-refractivity contribution in [3.8, 4) is 0 Å². The maximum atomic E-state index is 11.7. The summed E-state index contributed by atoms with van der Waals surface area (Å²) in [6, 6.07) is 0. The van der Waals surface area contributed by atoms with Crippen molar-refractivity contribution in [2.75, 3.05) is 20.1 Å². The predicted octanol–water partition coefficient (Wildman–Crippen LogP) is 2.51. The Morgan fingerprint density at radius 3 is 2.24 bits per heavy atom. The zero-order chi connectivity index (χ0) is 15.6. The summed E-state index contributed by atoms with van der Waals surface area (Å²) in [7, 11) is 1.71. The number of hydrogen-bond acceptors (Lipinski definition) is 2. The molecule has 126 valence electrons. The molecule has 0 atom stereocenters.